The van der Waals surface area contributed by atoms with Gasteiger partial charge in [0.1, 0.15) is 20.6 Å². The number of hydrogen-bond acceptors (Lipinski definition) is 1. The lowest BCUT2D eigenvalue weighted by Crippen LogP contribution is -2.30. The highest BCUT2D eigenvalue weighted by molar-refractivity contribution is 6.52. The van der Waals surface area contributed by atoms with Crippen LogP contribution in [0.15, 0.2) is 18.2 Å². The zero-order valence-electron chi connectivity index (χ0n) is 8.64. The Morgan fingerprint density at radius 2 is 1.93 bits per heavy atom. The van der Waals surface area contributed by atoms with E-state index in [1.807, 2.05) is 7.05 Å². The molecule has 1 radical (unpaired) electrons. The normalized spacial score (nSPS) is 11.4. The van der Waals surface area contributed by atoms with Crippen LogP contribution < -0.4 is 0 Å². The first-order valence-corrected chi connectivity index (χ1v) is 6.90. The van der Waals surface area contributed by atoms with Crippen molar-refractivity contribution in [2.75, 3.05) is 7.05 Å². The highest BCUT2D eigenvalue weighted by Gasteiger charge is 2.09. The molecular formula is C10H14F2NSi. The fourth-order valence-electron chi connectivity index (χ4n) is 1.06. The van der Waals surface area contributed by atoms with E-state index in [2.05, 4.69) is 17.7 Å². The van der Waals surface area contributed by atoms with Gasteiger partial charge in [-0.1, -0.05) is 19.2 Å². The Balaban J connectivity index is 2.77. The average molecular weight is 214 g/mol. The highest BCUT2D eigenvalue weighted by Crippen LogP contribution is 2.11. The van der Waals surface area contributed by atoms with Gasteiger partial charge >= 0.3 is 0 Å². The highest BCUT2D eigenvalue weighted by atomic mass is 28.3. The summed E-state index contributed by atoms with van der Waals surface area (Å²) in [5, 5.41) is 0. The number of nitrogens with zero attached hydrogens (tertiary/aromatic N) is 1. The van der Waals surface area contributed by atoms with E-state index in [4.69, 9.17) is 0 Å². The largest absolute Gasteiger partial charge is 0.323 e. The van der Waals surface area contributed by atoms with Crippen molar-refractivity contribution in [1.82, 2.24) is 4.57 Å². The Morgan fingerprint density at radius 1 is 1.29 bits per heavy atom. The molecule has 0 fully saturated rings. The minimum absolute atomic E-state index is 0.458. The lowest BCUT2D eigenvalue weighted by atomic mass is 10.2. The SMILES string of the molecule is CN(Cc1ccc(F)cc1F)[Si](C)C. The van der Waals surface area contributed by atoms with Crippen molar-refractivity contribution >= 4 is 8.96 Å². The molecule has 14 heavy (non-hydrogen) atoms. The summed E-state index contributed by atoms with van der Waals surface area (Å²) < 4.78 is 27.9. The van der Waals surface area contributed by atoms with E-state index in [1.165, 1.54) is 12.1 Å². The van der Waals surface area contributed by atoms with E-state index in [-0.39, 0.29) is 0 Å². The summed E-state index contributed by atoms with van der Waals surface area (Å²) in [6.45, 7) is 4.81. The third-order valence-electron chi connectivity index (χ3n) is 2.19. The van der Waals surface area contributed by atoms with Gasteiger partial charge in [0, 0.05) is 18.2 Å². The maximum Gasteiger partial charge on any atom is 0.130 e. The van der Waals surface area contributed by atoms with Crippen LogP contribution in [-0.4, -0.2) is 20.6 Å². The minimum Gasteiger partial charge on any atom is -0.323 e. The zero-order valence-corrected chi connectivity index (χ0v) is 9.64. The van der Waals surface area contributed by atoms with Gasteiger partial charge in [-0.2, -0.15) is 0 Å². The molecule has 0 atom stereocenters. The first-order valence-electron chi connectivity index (χ1n) is 4.46. The van der Waals surface area contributed by atoms with Gasteiger partial charge in [-0.05, 0) is 13.1 Å². The molecule has 0 saturated carbocycles. The Bertz CT molecular complexity index is 315. The van der Waals surface area contributed by atoms with Crippen molar-refractivity contribution in [3.05, 3.63) is 35.4 Å². The van der Waals surface area contributed by atoms with Gasteiger partial charge in [-0.3, -0.25) is 0 Å². The van der Waals surface area contributed by atoms with E-state index in [0.29, 0.717) is 12.1 Å². The fourth-order valence-corrected chi connectivity index (χ4v) is 1.55. The van der Waals surface area contributed by atoms with Gasteiger partial charge in [0.15, 0.2) is 0 Å². The Labute approximate surface area is 85.0 Å². The molecule has 1 rings (SSSR count). The molecule has 0 spiro atoms. The number of halogens is 2. The van der Waals surface area contributed by atoms with E-state index in [9.17, 15) is 8.78 Å². The van der Waals surface area contributed by atoms with Gasteiger partial charge in [0.05, 0.1) is 0 Å². The van der Waals surface area contributed by atoms with Gasteiger partial charge in [-0.25, -0.2) is 8.78 Å². The van der Waals surface area contributed by atoms with Crippen LogP contribution in [0.4, 0.5) is 8.78 Å². The first kappa shape index (κ1) is 11.3. The van der Waals surface area contributed by atoms with E-state index >= 15 is 0 Å². The predicted molar refractivity (Wildman–Crippen MR) is 55.3 cm³/mol. The van der Waals surface area contributed by atoms with Crippen LogP contribution in [0.5, 0.6) is 0 Å². The molecule has 0 heterocycles. The van der Waals surface area contributed by atoms with Crippen LogP contribution in [0.25, 0.3) is 0 Å². The Kier molecular flexibility index (Phi) is 3.77. The lowest BCUT2D eigenvalue weighted by Gasteiger charge is -2.19. The summed E-state index contributed by atoms with van der Waals surface area (Å²) in [6.07, 6.45) is 0. The summed E-state index contributed by atoms with van der Waals surface area (Å²) in [7, 11) is 1.39. The maximum absolute atomic E-state index is 13.2. The fraction of sp³-hybridized carbons (Fsp3) is 0.400. The molecule has 0 amide bonds. The monoisotopic (exact) mass is 214 g/mol. The molecule has 0 aliphatic rings. The zero-order chi connectivity index (χ0) is 10.7. The number of benzene rings is 1. The molecule has 0 aliphatic carbocycles. The predicted octanol–water partition coefficient (Wildman–Crippen LogP) is 2.65. The van der Waals surface area contributed by atoms with Crippen molar-refractivity contribution in [3.63, 3.8) is 0 Å². The van der Waals surface area contributed by atoms with Crippen molar-refractivity contribution in [1.29, 1.82) is 0 Å². The second-order valence-electron chi connectivity index (χ2n) is 3.54. The first-order chi connectivity index (χ1) is 6.50. The third-order valence-corrected chi connectivity index (χ3v) is 3.87. The molecule has 4 heteroatoms. The standard InChI is InChI=1S/C10H14F2NSi/c1-13(14(2)3)7-8-4-5-9(11)6-10(8)12/h4-6H,7H2,1-3H3. The minimum atomic E-state index is -0.563. The average Bonchev–Trinajstić information content (AvgIpc) is 2.09. The molecule has 1 nitrogen and oxygen atoms in total. The van der Waals surface area contributed by atoms with Crippen LogP contribution >= 0.6 is 0 Å². The van der Waals surface area contributed by atoms with Crippen LogP contribution in [0.1, 0.15) is 5.56 Å². The molecule has 0 N–H and O–H groups in total. The molecule has 77 valence electrons. The van der Waals surface area contributed by atoms with Gasteiger partial charge in [-0.15, -0.1) is 0 Å². The summed E-state index contributed by atoms with van der Waals surface area (Å²) in [4.78, 5) is 0. The van der Waals surface area contributed by atoms with E-state index in [0.717, 1.165) is 6.07 Å². The molecule has 0 bridgehead atoms. The van der Waals surface area contributed by atoms with E-state index in [1.54, 1.807) is 0 Å². The molecule has 0 aromatic heterocycles. The molecular weight excluding hydrogens is 200 g/mol. The van der Waals surface area contributed by atoms with Crippen LogP contribution in [0.3, 0.4) is 0 Å². The molecule has 1 aromatic carbocycles. The topological polar surface area (TPSA) is 3.24 Å². The summed E-state index contributed by atoms with van der Waals surface area (Å²) >= 11 is 0. The van der Waals surface area contributed by atoms with Crippen molar-refractivity contribution in [2.24, 2.45) is 0 Å². The van der Waals surface area contributed by atoms with Crippen molar-refractivity contribution < 1.29 is 8.78 Å². The number of rotatable bonds is 3. The number of hydrogen-bond donors (Lipinski definition) is 0. The van der Waals surface area contributed by atoms with Crippen LogP contribution in [0, 0.1) is 11.6 Å². The maximum atomic E-state index is 13.2. The molecule has 0 aliphatic heterocycles. The van der Waals surface area contributed by atoms with Gasteiger partial charge in [0.2, 0.25) is 0 Å². The summed E-state index contributed by atoms with van der Waals surface area (Å²) in [5.41, 5.74) is 0.556. The molecule has 0 unspecified atom stereocenters. The van der Waals surface area contributed by atoms with Crippen molar-refractivity contribution in [2.45, 2.75) is 19.6 Å². The van der Waals surface area contributed by atoms with Crippen LogP contribution in [-0.2, 0) is 6.54 Å². The Morgan fingerprint density at radius 3 is 2.43 bits per heavy atom. The lowest BCUT2D eigenvalue weighted by molar-refractivity contribution is 0.490. The second kappa shape index (κ2) is 4.66. The quantitative estimate of drug-likeness (QED) is 0.699. The smallest absolute Gasteiger partial charge is 0.130 e. The Hall–Kier alpha value is -0.743. The molecule has 1 aromatic rings. The van der Waals surface area contributed by atoms with Gasteiger partial charge in [0.25, 0.3) is 0 Å². The van der Waals surface area contributed by atoms with Crippen molar-refractivity contribution in [3.8, 4) is 0 Å². The van der Waals surface area contributed by atoms with Gasteiger partial charge < -0.3 is 4.57 Å². The van der Waals surface area contributed by atoms with E-state index < -0.39 is 20.6 Å². The summed E-state index contributed by atoms with van der Waals surface area (Å²) in [6, 6.07) is 3.73. The van der Waals surface area contributed by atoms with Crippen LogP contribution in [0.2, 0.25) is 13.1 Å². The third kappa shape index (κ3) is 2.89. The second-order valence-corrected chi connectivity index (χ2v) is 6.20. The molecule has 0 saturated heterocycles. The summed E-state index contributed by atoms with van der Waals surface area (Å²) in [5.74, 6) is -0.979.